The second kappa shape index (κ2) is 10.1. The monoisotopic (exact) mass is 468 g/mol. The Hall–Kier alpha value is -2.67. The van der Waals surface area contributed by atoms with E-state index in [9.17, 15) is 18.0 Å². The Morgan fingerprint density at radius 1 is 1.00 bits per heavy atom. The summed E-state index contributed by atoms with van der Waals surface area (Å²) in [6, 6.07) is 15.9. The van der Waals surface area contributed by atoms with E-state index in [0.717, 1.165) is 41.0 Å². The largest absolute Gasteiger partial charge is 0.344 e. The maximum absolute atomic E-state index is 13.5. The molecule has 4 rings (SSSR count). The molecule has 2 atom stereocenters. The number of nitrogens with one attached hydrogen (secondary N) is 1. The number of carbonyl (C=O) groups is 2. The topological polar surface area (TPSA) is 83.6 Å². The highest BCUT2D eigenvalue weighted by Crippen LogP contribution is 2.40. The summed E-state index contributed by atoms with van der Waals surface area (Å²) in [6.07, 6.45) is 8.52. The highest BCUT2D eigenvalue weighted by molar-refractivity contribution is 7.92. The summed E-state index contributed by atoms with van der Waals surface area (Å²) in [7, 11) is -3.88. The molecule has 0 aromatic heterocycles. The summed E-state index contributed by atoms with van der Waals surface area (Å²) >= 11 is 0. The molecule has 1 heterocycles. The summed E-state index contributed by atoms with van der Waals surface area (Å²) in [5, 5.41) is 2.89. The lowest BCUT2D eigenvalue weighted by Gasteiger charge is -2.25. The number of para-hydroxylation sites is 1. The third-order valence-corrected chi connectivity index (χ3v) is 7.91. The van der Waals surface area contributed by atoms with E-state index in [-0.39, 0.29) is 11.8 Å². The van der Waals surface area contributed by atoms with Gasteiger partial charge in [0.2, 0.25) is 15.9 Å². The van der Waals surface area contributed by atoms with Crippen LogP contribution >= 0.6 is 0 Å². The number of nitrogens with zero attached hydrogens (tertiary/aromatic N) is 1. The first-order valence-corrected chi connectivity index (χ1v) is 13.7. The number of anilines is 1. The number of hydrogen-bond donors (Lipinski definition) is 1. The average Bonchev–Trinajstić information content (AvgIpc) is 2.93. The molecule has 6 nitrogen and oxygen atoms in total. The van der Waals surface area contributed by atoms with Crippen molar-refractivity contribution in [1.29, 1.82) is 0 Å². The fourth-order valence-electron chi connectivity index (χ4n) is 5.23. The fourth-order valence-corrected chi connectivity index (χ4v) is 6.21. The van der Waals surface area contributed by atoms with Crippen molar-refractivity contribution in [2.45, 2.75) is 63.3 Å². The summed E-state index contributed by atoms with van der Waals surface area (Å²) in [5.41, 5.74) is 2.11. The van der Waals surface area contributed by atoms with Crippen molar-refractivity contribution in [1.82, 2.24) is 5.32 Å². The Balaban J connectivity index is 1.63. The highest BCUT2D eigenvalue weighted by atomic mass is 32.2. The van der Waals surface area contributed by atoms with E-state index in [1.54, 1.807) is 12.1 Å². The van der Waals surface area contributed by atoms with Crippen LogP contribution in [0.25, 0.3) is 0 Å². The SMILES string of the molecule is CS(=O)(=O)N1C(=O)[C@H](NC(=O)CCC2CCCCC2)C[C@@H](c2ccccc2)c2ccccc21. The lowest BCUT2D eigenvalue weighted by Crippen LogP contribution is -2.50. The van der Waals surface area contributed by atoms with Crippen LogP contribution in [0.15, 0.2) is 54.6 Å². The molecule has 176 valence electrons. The normalized spacial score (nSPS) is 21.8. The van der Waals surface area contributed by atoms with E-state index in [1.165, 1.54) is 19.3 Å². The van der Waals surface area contributed by atoms with Crippen molar-refractivity contribution in [3.8, 4) is 0 Å². The Bertz CT molecular complexity index is 1090. The fraction of sp³-hybridized carbons (Fsp3) is 0.462. The van der Waals surface area contributed by atoms with Gasteiger partial charge >= 0.3 is 0 Å². The van der Waals surface area contributed by atoms with Crippen LogP contribution < -0.4 is 9.62 Å². The molecular weight excluding hydrogens is 436 g/mol. The maximum Gasteiger partial charge on any atom is 0.263 e. The summed E-state index contributed by atoms with van der Waals surface area (Å²) in [6.45, 7) is 0. The molecule has 33 heavy (non-hydrogen) atoms. The van der Waals surface area contributed by atoms with Crippen molar-refractivity contribution in [3.63, 3.8) is 0 Å². The van der Waals surface area contributed by atoms with Gasteiger partial charge in [-0.25, -0.2) is 12.7 Å². The van der Waals surface area contributed by atoms with Crippen LogP contribution in [0.3, 0.4) is 0 Å². The van der Waals surface area contributed by atoms with Crippen molar-refractivity contribution < 1.29 is 18.0 Å². The number of hydrogen-bond acceptors (Lipinski definition) is 4. The minimum Gasteiger partial charge on any atom is -0.344 e. The average molecular weight is 469 g/mol. The minimum atomic E-state index is -3.88. The predicted octanol–water partition coefficient (Wildman–Crippen LogP) is 4.36. The van der Waals surface area contributed by atoms with E-state index in [1.807, 2.05) is 42.5 Å². The Morgan fingerprint density at radius 2 is 1.67 bits per heavy atom. The van der Waals surface area contributed by atoms with Crippen LogP contribution in [0.2, 0.25) is 0 Å². The van der Waals surface area contributed by atoms with Gasteiger partial charge in [0.05, 0.1) is 11.9 Å². The van der Waals surface area contributed by atoms with Gasteiger partial charge in [0.1, 0.15) is 6.04 Å². The standard InChI is InChI=1S/C26H32N2O4S/c1-33(31,32)28-24-15-9-8-14-21(24)22(20-12-6-3-7-13-20)18-23(26(28)30)27-25(29)17-16-19-10-4-2-5-11-19/h3,6-9,12-15,19,22-23H,2,4-5,10-11,16-18H2,1H3,(H,27,29)/t22-,23+/m0/s1. The number of fused-ring (bicyclic) bond motifs is 1. The minimum absolute atomic E-state index is 0.190. The molecular formula is C26H32N2O4S. The zero-order valence-electron chi connectivity index (χ0n) is 19.1. The van der Waals surface area contributed by atoms with Crippen molar-refractivity contribution in [2.75, 3.05) is 10.6 Å². The molecule has 0 saturated heterocycles. The first-order valence-electron chi connectivity index (χ1n) is 11.8. The molecule has 0 radical (unpaired) electrons. The molecule has 1 aliphatic carbocycles. The van der Waals surface area contributed by atoms with E-state index in [0.29, 0.717) is 24.4 Å². The van der Waals surface area contributed by atoms with Gasteiger partial charge in [0.15, 0.2) is 0 Å². The zero-order chi connectivity index (χ0) is 23.4. The van der Waals surface area contributed by atoms with Crippen LogP contribution in [0.4, 0.5) is 5.69 Å². The highest BCUT2D eigenvalue weighted by Gasteiger charge is 2.40. The van der Waals surface area contributed by atoms with E-state index < -0.39 is 22.0 Å². The Morgan fingerprint density at radius 3 is 2.36 bits per heavy atom. The molecule has 2 amide bonds. The van der Waals surface area contributed by atoms with Gasteiger partial charge in [-0.3, -0.25) is 9.59 Å². The first-order chi connectivity index (χ1) is 15.8. The van der Waals surface area contributed by atoms with Gasteiger partial charge in [0.25, 0.3) is 5.91 Å². The summed E-state index contributed by atoms with van der Waals surface area (Å²) in [5.74, 6) is -0.454. The molecule has 7 heteroatoms. The van der Waals surface area contributed by atoms with Crippen molar-refractivity contribution >= 4 is 27.5 Å². The Labute approximate surface area is 196 Å². The molecule has 0 spiro atoms. The zero-order valence-corrected chi connectivity index (χ0v) is 19.9. The molecule has 1 N–H and O–H groups in total. The van der Waals surface area contributed by atoms with Gasteiger partial charge < -0.3 is 5.32 Å². The number of benzene rings is 2. The maximum atomic E-state index is 13.5. The van der Waals surface area contributed by atoms with Crippen molar-refractivity contribution in [3.05, 3.63) is 65.7 Å². The van der Waals surface area contributed by atoms with Gasteiger partial charge in [-0.1, -0.05) is 80.6 Å². The number of carbonyl (C=O) groups excluding carboxylic acids is 2. The van der Waals surface area contributed by atoms with Gasteiger partial charge in [0, 0.05) is 12.3 Å². The molecule has 2 aromatic carbocycles. The van der Waals surface area contributed by atoms with Crippen LogP contribution in [0.5, 0.6) is 0 Å². The van der Waals surface area contributed by atoms with Gasteiger partial charge in [-0.2, -0.15) is 0 Å². The van der Waals surface area contributed by atoms with E-state index in [2.05, 4.69) is 5.32 Å². The van der Waals surface area contributed by atoms with Crippen LogP contribution in [0.1, 0.15) is 68.4 Å². The molecule has 1 aliphatic heterocycles. The lowest BCUT2D eigenvalue weighted by atomic mass is 9.85. The number of amides is 2. The van der Waals surface area contributed by atoms with Gasteiger partial charge in [-0.15, -0.1) is 0 Å². The summed E-state index contributed by atoms with van der Waals surface area (Å²) in [4.78, 5) is 26.4. The molecule has 2 aromatic rings. The lowest BCUT2D eigenvalue weighted by molar-refractivity contribution is -0.127. The summed E-state index contributed by atoms with van der Waals surface area (Å²) < 4.78 is 26.3. The Kier molecular flexibility index (Phi) is 7.17. The third-order valence-electron chi connectivity index (χ3n) is 6.87. The second-order valence-corrected chi connectivity index (χ2v) is 11.1. The number of rotatable bonds is 6. The van der Waals surface area contributed by atoms with E-state index >= 15 is 0 Å². The molecule has 0 bridgehead atoms. The number of sulfonamides is 1. The quantitative estimate of drug-likeness (QED) is 0.683. The van der Waals surface area contributed by atoms with Crippen LogP contribution in [0, 0.1) is 5.92 Å². The molecule has 1 fully saturated rings. The molecule has 0 unspecified atom stereocenters. The second-order valence-electron chi connectivity index (χ2n) is 9.29. The van der Waals surface area contributed by atoms with Crippen molar-refractivity contribution in [2.24, 2.45) is 5.92 Å². The van der Waals surface area contributed by atoms with Gasteiger partial charge in [-0.05, 0) is 36.0 Å². The van der Waals surface area contributed by atoms with E-state index in [4.69, 9.17) is 0 Å². The third kappa shape index (κ3) is 5.46. The smallest absolute Gasteiger partial charge is 0.263 e. The molecule has 2 aliphatic rings. The predicted molar refractivity (Wildman–Crippen MR) is 129 cm³/mol. The molecule has 1 saturated carbocycles. The van der Waals surface area contributed by atoms with Crippen LogP contribution in [-0.4, -0.2) is 32.5 Å². The van der Waals surface area contributed by atoms with Crippen LogP contribution in [-0.2, 0) is 19.6 Å². The first kappa shape index (κ1) is 23.5.